The average Bonchev–Trinajstić information content (AvgIpc) is 2.50. The Morgan fingerprint density at radius 3 is 2.36 bits per heavy atom. The van der Waals surface area contributed by atoms with E-state index in [0.29, 0.717) is 6.54 Å². The van der Waals surface area contributed by atoms with Crippen LogP contribution in [0.3, 0.4) is 0 Å². The molecular weight excluding hydrogens is 180 g/mol. The van der Waals surface area contributed by atoms with Gasteiger partial charge in [0.15, 0.2) is 0 Å². The van der Waals surface area contributed by atoms with E-state index >= 15 is 0 Å². The summed E-state index contributed by atoms with van der Waals surface area (Å²) in [5.41, 5.74) is 5.54. The van der Waals surface area contributed by atoms with Crippen LogP contribution in [0.25, 0.3) is 0 Å². The van der Waals surface area contributed by atoms with Gasteiger partial charge in [-0.2, -0.15) is 0 Å². The lowest BCUT2D eigenvalue weighted by atomic mass is 10.1. The van der Waals surface area contributed by atoms with Gasteiger partial charge in [0.25, 0.3) is 11.8 Å². The summed E-state index contributed by atoms with van der Waals surface area (Å²) in [6, 6.07) is -0.134. The van der Waals surface area contributed by atoms with Gasteiger partial charge in [0, 0.05) is 18.7 Å². The molecule has 1 rings (SSSR count). The van der Waals surface area contributed by atoms with Gasteiger partial charge in [0.05, 0.1) is 6.04 Å². The maximum absolute atomic E-state index is 11.3. The van der Waals surface area contributed by atoms with Crippen molar-refractivity contribution >= 4 is 11.8 Å². The van der Waals surface area contributed by atoms with Crippen molar-refractivity contribution in [3.8, 4) is 0 Å². The molecule has 0 aromatic rings. The number of hydrogen-bond donors (Lipinski definition) is 1. The monoisotopic (exact) mass is 196 g/mol. The zero-order valence-electron chi connectivity index (χ0n) is 8.40. The molecule has 1 atom stereocenters. The smallest absolute Gasteiger partial charge is 0.253 e. The second-order valence-electron chi connectivity index (χ2n) is 3.41. The molecule has 2 N–H and O–H groups in total. The maximum atomic E-state index is 11.3. The molecular formula is C10H16N2O2. The summed E-state index contributed by atoms with van der Waals surface area (Å²) in [6.07, 6.45) is 5.43. The Morgan fingerprint density at radius 1 is 1.36 bits per heavy atom. The molecule has 1 heterocycles. The second kappa shape index (κ2) is 4.91. The van der Waals surface area contributed by atoms with E-state index in [1.165, 1.54) is 17.1 Å². The van der Waals surface area contributed by atoms with Crippen molar-refractivity contribution in [1.82, 2.24) is 4.90 Å². The van der Waals surface area contributed by atoms with Crippen molar-refractivity contribution in [3.05, 3.63) is 12.2 Å². The lowest BCUT2D eigenvalue weighted by molar-refractivity contribution is -0.139. The normalized spacial score (nSPS) is 18.0. The Bertz CT molecular complexity index is 243. The number of amides is 2. The third kappa shape index (κ3) is 2.20. The van der Waals surface area contributed by atoms with Crippen LogP contribution in [0.1, 0.15) is 26.2 Å². The van der Waals surface area contributed by atoms with E-state index in [2.05, 4.69) is 6.92 Å². The van der Waals surface area contributed by atoms with Crippen LogP contribution >= 0.6 is 0 Å². The standard InChI is InChI=1S/C10H16N2O2/c1-2-3-4-8(7-11)12-9(13)5-6-10(12)14/h5-6,8H,2-4,7,11H2,1H3. The van der Waals surface area contributed by atoms with Crippen LogP contribution in [0.2, 0.25) is 0 Å². The van der Waals surface area contributed by atoms with Crippen molar-refractivity contribution in [2.75, 3.05) is 6.54 Å². The highest BCUT2D eigenvalue weighted by molar-refractivity contribution is 6.13. The summed E-state index contributed by atoms with van der Waals surface area (Å²) < 4.78 is 0. The Hall–Kier alpha value is -1.16. The Morgan fingerprint density at radius 2 is 1.93 bits per heavy atom. The van der Waals surface area contributed by atoms with Crippen molar-refractivity contribution in [2.45, 2.75) is 32.2 Å². The molecule has 0 radical (unpaired) electrons. The van der Waals surface area contributed by atoms with Crippen LogP contribution in [0.5, 0.6) is 0 Å². The third-order valence-corrected chi connectivity index (χ3v) is 2.37. The van der Waals surface area contributed by atoms with Crippen LogP contribution in [-0.2, 0) is 9.59 Å². The Kier molecular flexibility index (Phi) is 3.83. The van der Waals surface area contributed by atoms with E-state index in [9.17, 15) is 9.59 Å². The first kappa shape index (κ1) is 10.9. The Labute approximate surface area is 83.8 Å². The van der Waals surface area contributed by atoms with Gasteiger partial charge >= 0.3 is 0 Å². The van der Waals surface area contributed by atoms with Crippen LogP contribution in [0.4, 0.5) is 0 Å². The summed E-state index contributed by atoms with van der Waals surface area (Å²) in [6.45, 7) is 2.42. The Balaban J connectivity index is 2.60. The van der Waals surface area contributed by atoms with Gasteiger partial charge in [-0.15, -0.1) is 0 Å². The van der Waals surface area contributed by atoms with E-state index in [1.54, 1.807) is 0 Å². The van der Waals surface area contributed by atoms with Gasteiger partial charge in [-0.05, 0) is 6.42 Å². The van der Waals surface area contributed by atoms with Gasteiger partial charge in [-0.25, -0.2) is 0 Å². The third-order valence-electron chi connectivity index (χ3n) is 2.37. The fourth-order valence-corrected chi connectivity index (χ4v) is 1.56. The molecule has 0 aromatic heterocycles. The first-order valence-corrected chi connectivity index (χ1v) is 4.96. The van der Waals surface area contributed by atoms with E-state index in [4.69, 9.17) is 5.73 Å². The van der Waals surface area contributed by atoms with Gasteiger partial charge in [-0.1, -0.05) is 19.8 Å². The van der Waals surface area contributed by atoms with Gasteiger partial charge in [-0.3, -0.25) is 14.5 Å². The molecule has 4 nitrogen and oxygen atoms in total. The largest absolute Gasteiger partial charge is 0.328 e. The number of nitrogens with zero attached hydrogens (tertiary/aromatic N) is 1. The van der Waals surface area contributed by atoms with Crippen molar-refractivity contribution in [2.24, 2.45) is 5.73 Å². The molecule has 1 aliphatic heterocycles. The van der Waals surface area contributed by atoms with E-state index in [1.807, 2.05) is 0 Å². The summed E-state index contributed by atoms with van der Waals surface area (Å²) in [5.74, 6) is -0.469. The predicted molar refractivity (Wildman–Crippen MR) is 53.4 cm³/mol. The van der Waals surface area contributed by atoms with Crippen molar-refractivity contribution in [3.63, 3.8) is 0 Å². The minimum Gasteiger partial charge on any atom is -0.328 e. The van der Waals surface area contributed by atoms with E-state index in [0.717, 1.165) is 19.3 Å². The second-order valence-corrected chi connectivity index (χ2v) is 3.41. The number of unbranched alkanes of at least 4 members (excludes halogenated alkanes) is 1. The number of nitrogens with two attached hydrogens (primary N) is 1. The summed E-state index contributed by atoms with van der Waals surface area (Å²) in [7, 11) is 0. The summed E-state index contributed by atoms with van der Waals surface area (Å²) in [5, 5.41) is 0. The molecule has 2 amide bonds. The fourth-order valence-electron chi connectivity index (χ4n) is 1.56. The first-order chi connectivity index (χ1) is 6.70. The molecule has 0 aliphatic carbocycles. The molecule has 0 spiro atoms. The number of carbonyl (C=O) groups is 2. The molecule has 4 heteroatoms. The van der Waals surface area contributed by atoms with Crippen LogP contribution < -0.4 is 5.73 Å². The van der Waals surface area contributed by atoms with Crippen molar-refractivity contribution in [1.29, 1.82) is 0 Å². The summed E-state index contributed by atoms with van der Waals surface area (Å²) in [4.78, 5) is 23.9. The lowest BCUT2D eigenvalue weighted by Crippen LogP contribution is -2.44. The minimum atomic E-state index is -0.235. The quantitative estimate of drug-likeness (QED) is 0.648. The number of rotatable bonds is 5. The topological polar surface area (TPSA) is 63.4 Å². The zero-order chi connectivity index (χ0) is 10.6. The average molecular weight is 196 g/mol. The molecule has 0 saturated heterocycles. The van der Waals surface area contributed by atoms with E-state index in [-0.39, 0.29) is 17.9 Å². The predicted octanol–water partition coefficient (Wildman–Crippen LogP) is 0.429. The molecule has 14 heavy (non-hydrogen) atoms. The molecule has 78 valence electrons. The molecule has 0 fully saturated rings. The van der Waals surface area contributed by atoms with Crippen LogP contribution in [0, 0.1) is 0 Å². The molecule has 1 unspecified atom stereocenters. The molecule has 0 bridgehead atoms. The first-order valence-electron chi connectivity index (χ1n) is 4.96. The fraction of sp³-hybridized carbons (Fsp3) is 0.600. The zero-order valence-corrected chi connectivity index (χ0v) is 8.40. The van der Waals surface area contributed by atoms with Crippen LogP contribution in [-0.4, -0.2) is 29.3 Å². The molecule has 0 saturated carbocycles. The van der Waals surface area contributed by atoms with Gasteiger partial charge in [0.1, 0.15) is 0 Å². The van der Waals surface area contributed by atoms with E-state index < -0.39 is 0 Å². The lowest BCUT2D eigenvalue weighted by Gasteiger charge is -2.24. The SMILES string of the molecule is CCCCC(CN)N1C(=O)C=CC1=O. The van der Waals surface area contributed by atoms with Gasteiger partial charge in [0.2, 0.25) is 0 Å². The van der Waals surface area contributed by atoms with Crippen LogP contribution in [0.15, 0.2) is 12.2 Å². The molecule has 0 aromatic carbocycles. The highest BCUT2D eigenvalue weighted by Gasteiger charge is 2.29. The van der Waals surface area contributed by atoms with Gasteiger partial charge < -0.3 is 5.73 Å². The molecule has 1 aliphatic rings. The minimum absolute atomic E-state index is 0.134. The number of imide groups is 1. The number of hydrogen-bond acceptors (Lipinski definition) is 3. The highest BCUT2D eigenvalue weighted by atomic mass is 16.2. The maximum Gasteiger partial charge on any atom is 0.253 e. The van der Waals surface area contributed by atoms with Crippen molar-refractivity contribution < 1.29 is 9.59 Å². The highest BCUT2D eigenvalue weighted by Crippen LogP contribution is 2.13. The summed E-state index contributed by atoms with van der Waals surface area (Å²) >= 11 is 0. The number of carbonyl (C=O) groups excluding carboxylic acids is 2.